The average Bonchev–Trinajstić information content (AvgIpc) is 2.74. The van der Waals surface area contributed by atoms with Crippen molar-refractivity contribution < 1.29 is 14.7 Å². The summed E-state index contributed by atoms with van der Waals surface area (Å²) >= 11 is 0. The molecule has 0 bridgehead atoms. The molecule has 2 atom stereocenters. The van der Waals surface area contributed by atoms with Crippen LogP contribution in [0.3, 0.4) is 0 Å². The normalized spacial score (nSPS) is 22.5. The van der Waals surface area contributed by atoms with Gasteiger partial charge in [0, 0.05) is 31.4 Å². The summed E-state index contributed by atoms with van der Waals surface area (Å²) in [7, 11) is 1.59. The second-order valence-electron chi connectivity index (χ2n) is 4.91. The Balaban J connectivity index is 2.31. The molecule has 1 saturated heterocycles. The molecule has 6 heteroatoms. The molecule has 1 aromatic heterocycles. The van der Waals surface area contributed by atoms with Gasteiger partial charge in [0.25, 0.3) is 11.5 Å². The van der Waals surface area contributed by atoms with Crippen molar-refractivity contribution in [1.82, 2.24) is 9.47 Å². The van der Waals surface area contributed by atoms with Crippen LogP contribution in [0.2, 0.25) is 0 Å². The van der Waals surface area contributed by atoms with Gasteiger partial charge in [-0.3, -0.25) is 9.59 Å². The first kappa shape index (κ1) is 13.3. The van der Waals surface area contributed by atoms with Gasteiger partial charge < -0.3 is 14.6 Å². The predicted octanol–water partition coefficient (Wildman–Crippen LogP) is 0.321. The Kier molecular flexibility index (Phi) is 3.42. The number of amides is 1. The van der Waals surface area contributed by atoms with E-state index in [1.807, 2.05) is 6.92 Å². The minimum absolute atomic E-state index is 0.0759. The fourth-order valence-corrected chi connectivity index (χ4v) is 2.40. The number of aryl methyl sites for hydroxylation is 1. The summed E-state index contributed by atoms with van der Waals surface area (Å²) < 4.78 is 1.36. The summed E-state index contributed by atoms with van der Waals surface area (Å²) in [5, 5.41) is 9.19. The van der Waals surface area contributed by atoms with Crippen molar-refractivity contribution in [3.63, 3.8) is 0 Å². The number of aromatic nitrogens is 1. The molecule has 1 aliphatic heterocycles. The van der Waals surface area contributed by atoms with E-state index in [9.17, 15) is 19.5 Å². The van der Waals surface area contributed by atoms with Crippen LogP contribution in [0.15, 0.2) is 23.1 Å². The molecule has 1 aromatic rings. The van der Waals surface area contributed by atoms with E-state index in [4.69, 9.17) is 0 Å². The van der Waals surface area contributed by atoms with E-state index in [-0.39, 0.29) is 17.0 Å². The maximum Gasteiger partial charge on any atom is 0.326 e. The zero-order valence-electron chi connectivity index (χ0n) is 10.9. The fraction of sp³-hybridized carbons (Fsp3) is 0.462. The van der Waals surface area contributed by atoms with Gasteiger partial charge in [-0.1, -0.05) is 6.92 Å². The molecule has 2 unspecified atom stereocenters. The quantitative estimate of drug-likeness (QED) is 0.834. The average molecular weight is 264 g/mol. The number of hydrogen-bond donors (Lipinski definition) is 1. The number of rotatable bonds is 2. The highest BCUT2D eigenvalue weighted by Crippen LogP contribution is 2.25. The predicted molar refractivity (Wildman–Crippen MR) is 67.9 cm³/mol. The number of hydrogen-bond acceptors (Lipinski definition) is 3. The van der Waals surface area contributed by atoms with E-state index >= 15 is 0 Å². The van der Waals surface area contributed by atoms with Crippen LogP contribution in [0.25, 0.3) is 0 Å². The molecular formula is C13H16N2O4. The topological polar surface area (TPSA) is 79.6 Å². The molecule has 0 aliphatic carbocycles. The Labute approximate surface area is 110 Å². The minimum Gasteiger partial charge on any atom is -0.480 e. The lowest BCUT2D eigenvalue weighted by Gasteiger charge is -2.23. The number of pyridine rings is 1. The van der Waals surface area contributed by atoms with Crippen LogP contribution in [0.1, 0.15) is 23.7 Å². The number of aliphatic carboxylic acids is 1. The molecule has 6 nitrogen and oxygen atoms in total. The summed E-state index contributed by atoms with van der Waals surface area (Å²) in [5.41, 5.74) is -0.0478. The van der Waals surface area contributed by atoms with E-state index in [2.05, 4.69) is 0 Å². The summed E-state index contributed by atoms with van der Waals surface area (Å²) in [4.78, 5) is 36.4. The van der Waals surface area contributed by atoms with Crippen molar-refractivity contribution in [2.24, 2.45) is 13.0 Å². The summed E-state index contributed by atoms with van der Waals surface area (Å²) in [5.74, 6) is -1.47. The smallest absolute Gasteiger partial charge is 0.326 e. The molecule has 0 spiro atoms. The van der Waals surface area contributed by atoms with Gasteiger partial charge in [-0.15, -0.1) is 0 Å². The standard InChI is InChI=1S/C13H16N2O4/c1-8-3-6-15(11(8)13(18)19)12(17)9-4-5-14(2)10(16)7-9/h4-5,7-8,11H,3,6H2,1-2H3,(H,18,19). The second-order valence-corrected chi connectivity index (χ2v) is 4.91. The largest absolute Gasteiger partial charge is 0.480 e. The number of carbonyl (C=O) groups is 2. The van der Waals surface area contributed by atoms with Gasteiger partial charge in [-0.05, 0) is 18.4 Å². The first-order valence-corrected chi connectivity index (χ1v) is 6.12. The van der Waals surface area contributed by atoms with Crippen molar-refractivity contribution in [2.45, 2.75) is 19.4 Å². The number of likely N-dealkylation sites (tertiary alicyclic amines) is 1. The van der Waals surface area contributed by atoms with Crippen molar-refractivity contribution >= 4 is 11.9 Å². The molecule has 1 fully saturated rings. The van der Waals surface area contributed by atoms with E-state index in [1.54, 1.807) is 7.05 Å². The molecule has 0 saturated carbocycles. The van der Waals surface area contributed by atoms with Crippen molar-refractivity contribution in [3.8, 4) is 0 Å². The summed E-state index contributed by atoms with van der Waals surface area (Å²) in [6.07, 6.45) is 2.17. The van der Waals surface area contributed by atoms with Gasteiger partial charge >= 0.3 is 5.97 Å². The molecule has 2 heterocycles. The Morgan fingerprint density at radius 3 is 2.68 bits per heavy atom. The van der Waals surface area contributed by atoms with Crippen molar-refractivity contribution in [1.29, 1.82) is 0 Å². The van der Waals surface area contributed by atoms with Gasteiger partial charge in [0.1, 0.15) is 6.04 Å². The number of nitrogens with zero attached hydrogens (tertiary/aromatic N) is 2. The number of carboxylic acids is 1. The third-order valence-corrected chi connectivity index (χ3v) is 3.57. The Morgan fingerprint density at radius 2 is 2.11 bits per heavy atom. The monoisotopic (exact) mass is 264 g/mol. The zero-order chi connectivity index (χ0) is 14.2. The molecule has 19 heavy (non-hydrogen) atoms. The van der Waals surface area contributed by atoms with Gasteiger partial charge in [0.15, 0.2) is 0 Å². The van der Waals surface area contributed by atoms with E-state index in [1.165, 1.54) is 27.8 Å². The third-order valence-electron chi connectivity index (χ3n) is 3.57. The van der Waals surface area contributed by atoms with Crippen LogP contribution in [-0.2, 0) is 11.8 Å². The van der Waals surface area contributed by atoms with Crippen LogP contribution in [0.4, 0.5) is 0 Å². The lowest BCUT2D eigenvalue weighted by Crippen LogP contribution is -2.43. The lowest BCUT2D eigenvalue weighted by molar-refractivity contribution is -0.142. The number of carbonyl (C=O) groups excluding carboxylic acids is 1. The Morgan fingerprint density at radius 1 is 1.42 bits per heavy atom. The molecule has 1 N–H and O–H groups in total. The van der Waals surface area contributed by atoms with Crippen LogP contribution >= 0.6 is 0 Å². The molecule has 1 amide bonds. The van der Waals surface area contributed by atoms with Crippen LogP contribution in [-0.4, -0.2) is 39.0 Å². The molecule has 1 aliphatic rings. The highest BCUT2D eigenvalue weighted by Gasteiger charge is 2.39. The molecule has 102 valence electrons. The maximum absolute atomic E-state index is 12.3. The molecule has 2 rings (SSSR count). The summed E-state index contributed by atoms with van der Waals surface area (Å²) in [6.45, 7) is 2.22. The molecule has 0 radical (unpaired) electrons. The van der Waals surface area contributed by atoms with E-state index < -0.39 is 17.9 Å². The maximum atomic E-state index is 12.3. The zero-order valence-corrected chi connectivity index (χ0v) is 10.9. The number of carboxylic acid groups (broad SMARTS) is 1. The van der Waals surface area contributed by atoms with Gasteiger partial charge in [0.05, 0.1) is 0 Å². The lowest BCUT2D eigenvalue weighted by atomic mass is 10.0. The van der Waals surface area contributed by atoms with E-state index in [0.29, 0.717) is 13.0 Å². The van der Waals surface area contributed by atoms with Gasteiger partial charge in [0.2, 0.25) is 0 Å². The van der Waals surface area contributed by atoms with Crippen molar-refractivity contribution in [3.05, 3.63) is 34.2 Å². The minimum atomic E-state index is -0.998. The van der Waals surface area contributed by atoms with Gasteiger partial charge in [-0.2, -0.15) is 0 Å². The fourth-order valence-electron chi connectivity index (χ4n) is 2.40. The molecular weight excluding hydrogens is 248 g/mol. The first-order valence-electron chi connectivity index (χ1n) is 6.12. The van der Waals surface area contributed by atoms with Crippen LogP contribution in [0.5, 0.6) is 0 Å². The highest BCUT2D eigenvalue weighted by molar-refractivity contribution is 5.96. The third kappa shape index (κ3) is 2.38. The van der Waals surface area contributed by atoms with E-state index in [0.717, 1.165) is 0 Å². The summed E-state index contributed by atoms with van der Waals surface area (Å²) in [6, 6.07) is 1.96. The SMILES string of the molecule is CC1CCN(C(=O)c2ccn(C)c(=O)c2)C1C(=O)O. The Hall–Kier alpha value is -2.11. The first-order chi connectivity index (χ1) is 8.91. The van der Waals surface area contributed by atoms with Gasteiger partial charge in [-0.25, -0.2) is 4.79 Å². The van der Waals surface area contributed by atoms with Crippen LogP contribution in [0, 0.1) is 5.92 Å². The van der Waals surface area contributed by atoms with Crippen molar-refractivity contribution in [2.75, 3.05) is 6.54 Å². The van der Waals surface area contributed by atoms with Crippen LogP contribution < -0.4 is 5.56 Å². The molecule has 0 aromatic carbocycles. The highest BCUT2D eigenvalue weighted by atomic mass is 16.4. The second kappa shape index (κ2) is 4.87. The Bertz CT molecular complexity index is 578.